The van der Waals surface area contributed by atoms with E-state index in [1.807, 2.05) is 0 Å². The average Bonchev–Trinajstić information content (AvgIpc) is 2.73. The Hall–Kier alpha value is -2.30. The third-order valence-electron chi connectivity index (χ3n) is 4.32. The van der Waals surface area contributed by atoms with Crippen LogP contribution in [0.5, 0.6) is 17.2 Å². The number of hydrogen-bond acceptors (Lipinski definition) is 6. The molecule has 1 aliphatic rings. The number of amides is 1. The van der Waals surface area contributed by atoms with E-state index in [-0.39, 0.29) is 23.7 Å². The molecule has 0 radical (unpaired) electrons. The molecule has 1 amide bonds. The number of nitrogens with zero attached hydrogens (tertiary/aromatic N) is 1. The Labute approximate surface area is 184 Å². The minimum absolute atomic E-state index is 0.00713. The summed E-state index contributed by atoms with van der Waals surface area (Å²) in [5.41, 5.74) is 0.496. The van der Waals surface area contributed by atoms with E-state index in [4.69, 9.17) is 14.2 Å². The van der Waals surface area contributed by atoms with Gasteiger partial charge in [-0.2, -0.15) is 4.31 Å². The van der Waals surface area contributed by atoms with Gasteiger partial charge in [0, 0.05) is 22.8 Å². The summed E-state index contributed by atoms with van der Waals surface area (Å²) in [7, 11) is -3.96. The molecule has 1 N–H and O–H groups in total. The van der Waals surface area contributed by atoms with E-state index in [1.165, 1.54) is 6.07 Å². The minimum atomic E-state index is -3.96. The number of hydrogen-bond donors (Lipinski definition) is 1. The lowest BCUT2D eigenvalue weighted by Crippen LogP contribution is -2.38. The minimum Gasteiger partial charge on any atom is -0.492 e. The molecule has 2 aromatic carbocycles. The lowest BCUT2D eigenvalue weighted by Gasteiger charge is -2.22. The summed E-state index contributed by atoms with van der Waals surface area (Å²) in [5, 5.41) is 2.71. The largest absolute Gasteiger partial charge is 0.492 e. The van der Waals surface area contributed by atoms with Crippen molar-refractivity contribution in [2.45, 2.75) is 18.7 Å². The molecule has 0 aromatic heterocycles. The summed E-state index contributed by atoms with van der Waals surface area (Å²) in [6, 6.07) is 9.80. The number of likely N-dealkylation sites (N-methyl/N-ethyl adjacent to an activating group) is 1. The van der Waals surface area contributed by atoms with Gasteiger partial charge in [-0.1, -0.05) is 22.9 Å². The molecule has 1 heterocycles. The van der Waals surface area contributed by atoms with Crippen LogP contribution >= 0.6 is 15.9 Å². The Morgan fingerprint density at radius 3 is 2.57 bits per heavy atom. The van der Waals surface area contributed by atoms with Gasteiger partial charge < -0.3 is 19.5 Å². The predicted octanol–water partition coefficient (Wildman–Crippen LogP) is 3.27. The molecular weight excluding hydrogens is 476 g/mol. The molecule has 0 aliphatic carbocycles. The van der Waals surface area contributed by atoms with Crippen LogP contribution in [-0.4, -0.2) is 51.5 Å². The van der Waals surface area contributed by atoms with Crippen molar-refractivity contribution in [2.75, 3.05) is 38.2 Å². The maximum atomic E-state index is 13.2. The van der Waals surface area contributed by atoms with Crippen molar-refractivity contribution in [2.24, 2.45) is 0 Å². The summed E-state index contributed by atoms with van der Waals surface area (Å²) in [6.07, 6.45) is 0. The van der Waals surface area contributed by atoms with Crippen LogP contribution in [-0.2, 0) is 14.8 Å². The highest BCUT2D eigenvalue weighted by atomic mass is 79.9. The van der Waals surface area contributed by atoms with E-state index in [0.717, 1.165) is 4.31 Å². The van der Waals surface area contributed by atoms with E-state index in [2.05, 4.69) is 21.2 Å². The lowest BCUT2D eigenvalue weighted by molar-refractivity contribution is -0.116. The average molecular weight is 499 g/mol. The molecule has 0 saturated heterocycles. The Balaban J connectivity index is 1.77. The van der Waals surface area contributed by atoms with Crippen molar-refractivity contribution in [3.05, 3.63) is 40.9 Å². The number of halogens is 1. The standard InChI is InChI=1S/C20H23BrN2O6S/c1-3-23(30(25,26)19-11-14(21)5-7-17(19)27-4-2)13-20(24)22-15-6-8-16-18(12-15)29-10-9-28-16/h5-8,11-12H,3-4,9-10,13H2,1-2H3,(H,22,24). The van der Waals surface area contributed by atoms with Gasteiger partial charge in [0.15, 0.2) is 11.5 Å². The van der Waals surface area contributed by atoms with Crippen molar-refractivity contribution >= 4 is 37.5 Å². The number of nitrogens with one attached hydrogen (secondary N) is 1. The first-order valence-electron chi connectivity index (χ1n) is 9.47. The van der Waals surface area contributed by atoms with Gasteiger partial charge in [-0.15, -0.1) is 0 Å². The topological polar surface area (TPSA) is 94.2 Å². The molecule has 0 spiro atoms. The zero-order valence-electron chi connectivity index (χ0n) is 16.7. The fourth-order valence-electron chi connectivity index (χ4n) is 2.95. The normalized spacial score (nSPS) is 13.2. The second-order valence-electron chi connectivity index (χ2n) is 6.36. The van der Waals surface area contributed by atoms with Crippen molar-refractivity contribution in [3.8, 4) is 17.2 Å². The summed E-state index contributed by atoms with van der Waals surface area (Å²) in [4.78, 5) is 12.6. The Morgan fingerprint density at radius 2 is 1.87 bits per heavy atom. The highest BCUT2D eigenvalue weighted by Gasteiger charge is 2.29. The molecule has 0 saturated carbocycles. The first-order chi connectivity index (χ1) is 14.3. The maximum absolute atomic E-state index is 13.2. The maximum Gasteiger partial charge on any atom is 0.247 e. The van der Waals surface area contributed by atoms with Crippen LogP contribution in [0.1, 0.15) is 13.8 Å². The van der Waals surface area contributed by atoms with Gasteiger partial charge in [-0.25, -0.2) is 8.42 Å². The Bertz CT molecular complexity index is 1030. The Morgan fingerprint density at radius 1 is 1.13 bits per heavy atom. The first kappa shape index (κ1) is 22.4. The molecular formula is C20H23BrN2O6S. The number of anilines is 1. The number of sulfonamides is 1. The van der Waals surface area contributed by atoms with Crippen molar-refractivity contribution in [1.82, 2.24) is 4.31 Å². The van der Waals surface area contributed by atoms with Gasteiger partial charge in [-0.3, -0.25) is 4.79 Å². The van der Waals surface area contributed by atoms with Gasteiger partial charge in [0.2, 0.25) is 15.9 Å². The molecule has 10 heteroatoms. The number of rotatable bonds is 8. The monoisotopic (exact) mass is 498 g/mol. The number of ether oxygens (including phenoxy) is 3. The molecule has 0 atom stereocenters. The smallest absolute Gasteiger partial charge is 0.247 e. The van der Waals surface area contributed by atoms with Crippen LogP contribution in [0, 0.1) is 0 Å². The fourth-order valence-corrected chi connectivity index (χ4v) is 5.02. The van der Waals surface area contributed by atoms with E-state index < -0.39 is 15.9 Å². The highest BCUT2D eigenvalue weighted by Crippen LogP contribution is 2.33. The summed E-state index contributed by atoms with van der Waals surface area (Å²) >= 11 is 3.30. The van der Waals surface area contributed by atoms with Gasteiger partial charge in [-0.05, 0) is 37.3 Å². The predicted molar refractivity (Wildman–Crippen MR) is 116 cm³/mol. The molecule has 162 valence electrons. The van der Waals surface area contributed by atoms with Crippen LogP contribution in [0.4, 0.5) is 5.69 Å². The van der Waals surface area contributed by atoms with Gasteiger partial charge >= 0.3 is 0 Å². The van der Waals surface area contributed by atoms with Crippen molar-refractivity contribution < 1.29 is 27.4 Å². The zero-order valence-corrected chi connectivity index (χ0v) is 19.1. The molecule has 30 heavy (non-hydrogen) atoms. The fraction of sp³-hybridized carbons (Fsp3) is 0.350. The second-order valence-corrected chi connectivity index (χ2v) is 9.18. The van der Waals surface area contributed by atoms with Gasteiger partial charge in [0.1, 0.15) is 23.9 Å². The quantitative estimate of drug-likeness (QED) is 0.600. The molecule has 0 fully saturated rings. The van der Waals surface area contributed by atoms with Crippen LogP contribution < -0.4 is 19.5 Å². The van der Waals surface area contributed by atoms with Crippen LogP contribution in [0.25, 0.3) is 0 Å². The SMILES string of the molecule is CCOc1ccc(Br)cc1S(=O)(=O)N(CC)CC(=O)Nc1ccc2c(c1)OCCO2. The number of fused-ring (bicyclic) bond motifs is 1. The molecule has 0 unspecified atom stereocenters. The van der Waals surface area contributed by atoms with Crippen LogP contribution in [0.3, 0.4) is 0 Å². The lowest BCUT2D eigenvalue weighted by atomic mass is 10.2. The number of carbonyl (C=O) groups excluding carboxylic acids is 1. The Kier molecular flexibility index (Phi) is 7.22. The molecule has 0 bridgehead atoms. The van der Waals surface area contributed by atoms with Gasteiger partial charge in [0.05, 0.1) is 13.2 Å². The van der Waals surface area contributed by atoms with E-state index in [0.29, 0.717) is 41.5 Å². The summed E-state index contributed by atoms with van der Waals surface area (Å²) in [6.45, 7) is 4.45. The second kappa shape index (κ2) is 9.67. The van der Waals surface area contributed by atoms with Crippen LogP contribution in [0.15, 0.2) is 45.8 Å². The number of carbonyl (C=O) groups is 1. The van der Waals surface area contributed by atoms with E-state index in [9.17, 15) is 13.2 Å². The third kappa shape index (κ3) is 5.05. The molecule has 3 rings (SSSR count). The first-order valence-corrected chi connectivity index (χ1v) is 11.7. The molecule has 2 aromatic rings. The molecule has 1 aliphatic heterocycles. The highest BCUT2D eigenvalue weighted by molar-refractivity contribution is 9.10. The third-order valence-corrected chi connectivity index (χ3v) is 6.76. The molecule has 8 nitrogen and oxygen atoms in total. The zero-order chi connectivity index (χ0) is 21.7. The number of benzene rings is 2. The van der Waals surface area contributed by atoms with E-state index in [1.54, 1.807) is 44.2 Å². The van der Waals surface area contributed by atoms with E-state index >= 15 is 0 Å². The summed E-state index contributed by atoms with van der Waals surface area (Å²) < 4.78 is 44.5. The van der Waals surface area contributed by atoms with Crippen molar-refractivity contribution in [1.29, 1.82) is 0 Å². The van der Waals surface area contributed by atoms with Crippen LogP contribution in [0.2, 0.25) is 0 Å². The summed E-state index contributed by atoms with van der Waals surface area (Å²) in [5.74, 6) is 0.918. The van der Waals surface area contributed by atoms with Gasteiger partial charge in [0.25, 0.3) is 0 Å². The van der Waals surface area contributed by atoms with Crippen molar-refractivity contribution in [3.63, 3.8) is 0 Å².